The van der Waals surface area contributed by atoms with Crippen LogP contribution in [0.25, 0.3) is 0 Å². The molecule has 62 valence electrons. The van der Waals surface area contributed by atoms with Gasteiger partial charge in [-0.05, 0) is 13.8 Å². The molecule has 10 heavy (non-hydrogen) atoms. The average molecular weight is 162 g/mol. The largest absolute Gasteiger partial charge is 0.395 e. The van der Waals surface area contributed by atoms with Crippen molar-refractivity contribution in [2.24, 2.45) is 0 Å². The molecule has 0 radical (unpaired) electrons. The predicted octanol–water partition coefficient (Wildman–Crippen LogP) is 2.29. The van der Waals surface area contributed by atoms with Gasteiger partial charge in [-0.15, -0.1) is 11.8 Å². The highest BCUT2D eigenvalue weighted by atomic mass is 32.2. The Balaban J connectivity index is 3.89. The van der Waals surface area contributed by atoms with E-state index < -0.39 is 0 Å². The molecule has 0 atom stereocenters. The molecule has 0 unspecified atom stereocenters. The quantitative estimate of drug-likeness (QED) is 0.672. The summed E-state index contributed by atoms with van der Waals surface area (Å²) in [6.45, 7) is 10.8. The minimum absolute atomic E-state index is 0.00174. The summed E-state index contributed by atoms with van der Waals surface area (Å²) in [5.74, 6) is 0. The van der Waals surface area contributed by atoms with Crippen molar-refractivity contribution in [2.45, 2.75) is 44.1 Å². The van der Waals surface area contributed by atoms with Crippen molar-refractivity contribution in [1.82, 2.24) is 0 Å². The summed E-state index contributed by atoms with van der Waals surface area (Å²) in [5.41, 5.74) is 0. The number of rotatable bonds is 2. The van der Waals surface area contributed by atoms with Gasteiger partial charge >= 0.3 is 0 Å². The number of hydrogen-bond donors (Lipinski definition) is 1. The third-order valence-electron chi connectivity index (χ3n) is 0.963. The second kappa shape index (κ2) is 3.14. The molecule has 0 amide bonds. The summed E-state index contributed by atoms with van der Waals surface area (Å²) in [5, 5.41) is 8.94. The first-order valence-corrected chi connectivity index (χ1v) is 4.39. The molecule has 0 aromatic rings. The van der Waals surface area contributed by atoms with Crippen LogP contribution >= 0.6 is 11.8 Å². The first-order valence-electron chi connectivity index (χ1n) is 3.58. The summed E-state index contributed by atoms with van der Waals surface area (Å²) in [4.78, 5) is 0. The van der Waals surface area contributed by atoms with Crippen LogP contribution < -0.4 is 0 Å². The summed E-state index contributed by atoms with van der Waals surface area (Å²) in [6, 6.07) is 0. The molecule has 0 heterocycles. The van der Waals surface area contributed by atoms with E-state index in [0.717, 1.165) is 0 Å². The highest BCUT2D eigenvalue weighted by Crippen LogP contribution is 2.35. The van der Waals surface area contributed by atoms with Crippen LogP contribution in [0.2, 0.25) is 0 Å². The lowest BCUT2D eigenvalue weighted by molar-refractivity contribution is 0.264. The van der Waals surface area contributed by atoms with E-state index in [0.29, 0.717) is 0 Å². The molecular formula is C8H18OS. The van der Waals surface area contributed by atoms with Crippen LogP contribution in [-0.4, -0.2) is 21.2 Å². The van der Waals surface area contributed by atoms with E-state index in [-0.39, 0.29) is 16.1 Å². The molecule has 2 heteroatoms. The smallest absolute Gasteiger partial charge is 0.0573 e. The maximum Gasteiger partial charge on any atom is 0.0573 e. The van der Waals surface area contributed by atoms with Crippen LogP contribution in [-0.2, 0) is 0 Å². The zero-order valence-corrected chi connectivity index (χ0v) is 8.38. The first kappa shape index (κ1) is 10.3. The van der Waals surface area contributed by atoms with Crippen molar-refractivity contribution in [2.75, 3.05) is 6.61 Å². The van der Waals surface area contributed by atoms with Gasteiger partial charge in [0.1, 0.15) is 0 Å². The topological polar surface area (TPSA) is 20.2 Å². The van der Waals surface area contributed by atoms with Gasteiger partial charge in [-0.1, -0.05) is 20.8 Å². The van der Waals surface area contributed by atoms with E-state index in [9.17, 15) is 0 Å². The zero-order valence-electron chi connectivity index (χ0n) is 7.56. The van der Waals surface area contributed by atoms with Crippen molar-refractivity contribution < 1.29 is 5.11 Å². The fourth-order valence-corrected chi connectivity index (χ4v) is 2.58. The lowest BCUT2D eigenvalue weighted by Gasteiger charge is -2.30. The highest BCUT2D eigenvalue weighted by Gasteiger charge is 2.24. The van der Waals surface area contributed by atoms with Gasteiger partial charge in [-0.25, -0.2) is 0 Å². The molecule has 0 aliphatic rings. The van der Waals surface area contributed by atoms with Gasteiger partial charge in [-0.2, -0.15) is 0 Å². The van der Waals surface area contributed by atoms with Crippen LogP contribution in [0.1, 0.15) is 34.6 Å². The first-order chi connectivity index (χ1) is 4.27. The molecule has 0 aromatic carbocycles. The third kappa shape index (κ3) is 5.12. The molecule has 0 spiro atoms. The minimum atomic E-state index is -0.00174. The van der Waals surface area contributed by atoms with Crippen molar-refractivity contribution in [3.8, 4) is 0 Å². The normalized spacial score (nSPS) is 13.8. The highest BCUT2D eigenvalue weighted by molar-refractivity contribution is 8.01. The SMILES string of the molecule is CC(C)(C)SC(C)(C)CO. The molecule has 0 aliphatic heterocycles. The Kier molecular flexibility index (Phi) is 3.24. The van der Waals surface area contributed by atoms with Crippen LogP contribution in [0.15, 0.2) is 0 Å². The summed E-state index contributed by atoms with van der Waals surface area (Å²) in [7, 11) is 0. The second-order valence-electron chi connectivity index (χ2n) is 4.13. The Morgan fingerprint density at radius 1 is 1.10 bits per heavy atom. The molecule has 0 saturated heterocycles. The van der Waals surface area contributed by atoms with Gasteiger partial charge in [-0.3, -0.25) is 0 Å². The predicted molar refractivity (Wildman–Crippen MR) is 48.5 cm³/mol. The average Bonchev–Trinajstić information content (AvgIpc) is 1.60. The van der Waals surface area contributed by atoms with Gasteiger partial charge in [0, 0.05) is 9.49 Å². The van der Waals surface area contributed by atoms with Crippen molar-refractivity contribution >= 4 is 11.8 Å². The molecule has 0 bridgehead atoms. The molecule has 0 aromatic heterocycles. The van der Waals surface area contributed by atoms with Crippen molar-refractivity contribution in [1.29, 1.82) is 0 Å². The number of aliphatic hydroxyl groups is 1. The van der Waals surface area contributed by atoms with E-state index in [1.165, 1.54) is 0 Å². The molecule has 1 nitrogen and oxygen atoms in total. The minimum Gasteiger partial charge on any atom is -0.395 e. The Morgan fingerprint density at radius 3 is 1.60 bits per heavy atom. The molecule has 0 fully saturated rings. The maximum atomic E-state index is 8.94. The lowest BCUT2D eigenvalue weighted by Crippen LogP contribution is -2.27. The van der Waals surface area contributed by atoms with E-state index in [1.807, 2.05) is 11.8 Å². The Morgan fingerprint density at radius 2 is 1.50 bits per heavy atom. The molecule has 0 saturated carbocycles. The molecular weight excluding hydrogens is 144 g/mol. The summed E-state index contributed by atoms with van der Waals surface area (Å²) < 4.78 is 0.241. The fourth-order valence-electron chi connectivity index (χ4n) is 0.861. The van der Waals surface area contributed by atoms with Gasteiger partial charge < -0.3 is 5.11 Å². The molecule has 0 aliphatic carbocycles. The van der Waals surface area contributed by atoms with Gasteiger partial charge in [0.15, 0.2) is 0 Å². The van der Waals surface area contributed by atoms with Crippen LogP contribution in [0, 0.1) is 0 Å². The van der Waals surface area contributed by atoms with E-state index >= 15 is 0 Å². The third-order valence-corrected chi connectivity index (χ3v) is 2.26. The summed E-state index contributed by atoms with van der Waals surface area (Å²) >= 11 is 1.81. The lowest BCUT2D eigenvalue weighted by atomic mass is 10.2. The molecule has 1 N–H and O–H groups in total. The molecule has 0 rings (SSSR count). The monoisotopic (exact) mass is 162 g/mol. The van der Waals surface area contributed by atoms with Crippen molar-refractivity contribution in [3.05, 3.63) is 0 Å². The van der Waals surface area contributed by atoms with Gasteiger partial charge in [0.05, 0.1) is 6.61 Å². The Bertz CT molecular complexity index is 102. The Hall–Kier alpha value is 0.310. The van der Waals surface area contributed by atoms with Gasteiger partial charge in [0.2, 0.25) is 0 Å². The maximum absolute atomic E-state index is 8.94. The second-order valence-corrected chi connectivity index (χ2v) is 6.67. The van der Waals surface area contributed by atoms with Crippen molar-refractivity contribution in [3.63, 3.8) is 0 Å². The number of thioether (sulfide) groups is 1. The van der Waals surface area contributed by atoms with Gasteiger partial charge in [0.25, 0.3) is 0 Å². The van der Waals surface area contributed by atoms with Crippen LogP contribution in [0.5, 0.6) is 0 Å². The van der Waals surface area contributed by atoms with E-state index in [1.54, 1.807) is 0 Å². The number of hydrogen-bond acceptors (Lipinski definition) is 2. The number of aliphatic hydroxyl groups excluding tert-OH is 1. The van der Waals surface area contributed by atoms with E-state index in [4.69, 9.17) is 5.11 Å². The van der Waals surface area contributed by atoms with Crippen LogP contribution in [0.3, 0.4) is 0 Å². The van der Waals surface area contributed by atoms with Crippen LogP contribution in [0.4, 0.5) is 0 Å². The fraction of sp³-hybridized carbons (Fsp3) is 1.00. The van der Waals surface area contributed by atoms with E-state index in [2.05, 4.69) is 34.6 Å². The standard InChI is InChI=1S/C8H18OS/c1-7(2,3)10-8(4,5)6-9/h9H,6H2,1-5H3. The Labute approximate surface area is 68.2 Å². The zero-order chi connectivity index (χ0) is 8.41. The summed E-state index contributed by atoms with van der Waals surface area (Å²) in [6.07, 6.45) is 0.